The second-order valence-electron chi connectivity index (χ2n) is 4.33. The minimum atomic E-state index is -5.54. The number of halogens is 3. The second-order valence-corrected chi connectivity index (χ2v) is 6.26. The van der Waals surface area contributed by atoms with Gasteiger partial charge in [-0.1, -0.05) is 24.3 Å². The van der Waals surface area contributed by atoms with Gasteiger partial charge in [0.05, 0.1) is 5.92 Å². The molecule has 0 aliphatic carbocycles. The summed E-state index contributed by atoms with van der Waals surface area (Å²) in [4.78, 5) is 11.1. The van der Waals surface area contributed by atoms with Crippen molar-refractivity contribution in [2.75, 3.05) is 6.54 Å². The number of hydrogen-bond donors (Lipinski definition) is 1. The van der Waals surface area contributed by atoms with Gasteiger partial charge >= 0.3 is 21.5 Å². The molecule has 0 radical (unpaired) electrons. The molecule has 5 nitrogen and oxygen atoms in total. The number of nitrogens with zero attached hydrogens (tertiary/aromatic N) is 1. The monoisotopic (exact) mass is 309 g/mol. The van der Waals surface area contributed by atoms with Gasteiger partial charge in [0, 0.05) is 13.1 Å². The molecule has 0 saturated carbocycles. The summed E-state index contributed by atoms with van der Waals surface area (Å²) in [5.74, 6) is -2.67. The van der Waals surface area contributed by atoms with E-state index < -0.39 is 40.5 Å². The van der Waals surface area contributed by atoms with Crippen LogP contribution in [0.2, 0.25) is 0 Å². The summed E-state index contributed by atoms with van der Waals surface area (Å²) >= 11 is 0. The number of sulfonamides is 1. The lowest BCUT2D eigenvalue weighted by Crippen LogP contribution is -2.45. The van der Waals surface area contributed by atoms with Crippen LogP contribution in [0.5, 0.6) is 0 Å². The third-order valence-corrected chi connectivity index (χ3v) is 4.64. The molecule has 1 aliphatic rings. The zero-order valence-electron chi connectivity index (χ0n) is 9.96. The van der Waals surface area contributed by atoms with Crippen molar-refractivity contribution in [2.45, 2.75) is 18.0 Å². The van der Waals surface area contributed by atoms with Crippen molar-refractivity contribution in [1.29, 1.82) is 0 Å². The highest BCUT2D eigenvalue weighted by molar-refractivity contribution is 7.89. The van der Waals surface area contributed by atoms with E-state index in [2.05, 4.69) is 0 Å². The maximum atomic E-state index is 12.5. The Bertz CT molecular complexity index is 641. The zero-order chi connectivity index (χ0) is 15.1. The van der Waals surface area contributed by atoms with E-state index in [4.69, 9.17) is 5.11 Å². The highest BCUT2D eigenvalue weighted by Gasteiger charge is 2.51. The van der Waals surface area contributed by atoms with Crippen LogP contribution in [-0.4, -0.2) is 35.9 Å². The summed E-state index contributed by atoms with van der Waals surface area (Å²) in [6, 6.07) is 5.97. The van der Waals surface area contributed by atoms with Crippen LogP contribution in [0, 0.1) is 0 Å². The van der Waals surface area contributed by atoms with E-state index in [0.29, 0.717) is 5.56 Å². The predicted octanol–water partition coefficient (Wildman–Crippen LogP) is 1.52. The highest BCUT2D eigenvalue weighted by Crippen LogP contribution is 2.35. The molecule has 1 aliphatic heterocycles. The average Bonchev–Trinajstić information content (AvgIpc) is 2.35. The van der Waals surface area contributed by atoms with Crippen molar-refractivity contribution < 1.29 is 31.5 Å². The second kappa shape index (κ2) is 4.74. The summed E-state index contributed by atoms with van der Waals surface area (Å²) in [6.07, 6.45) is 0. The molecule has 1 atom stereocenters. The largest absolute Gasteiger partial charge is 0.511 e. The SMILES string of the molecule is O=C(O)C1CN(S(=O)(=O)C(F)(F)F)Cc2ccccc21. The minimum absolute atomic E-state index is 0.161. The van der Waals surface area contributed by atoms with E-state index >= 15 is 0 Å². The van der Waals surface area contributed by atoms with Gasteiger partial charge in [-0.05, 0) is 11.1 Å². The first-order valence-electron chi connectivity index (χ1n) is 5.51. The molecule has 110 valence electrons. The maximum Gasteiger partial charge on any atom is 0.511 e. The zero-order valence-corrected chi connectivity index (χ0v) is 10.8. The molecule has 1 unspecified atom stereocenters. The van der Waals surface area contributed by atoms with Crippen LogP contribution in [0.15, 0.2) is 24.3 Å². The normalized spacial score (nSPS) is 20.4. The maximum absolute atomic E-state index is 12.5. The van der Waals surface area contributed by atoms with Crippen LogP contribution in [0.25, 0.3) is 0 Å². The Morgan fingerprint density at radius 2 is 1.90 bits per heavy atom. The Morgan fingerprint density at radius 1 is 1.30 bits per heavy atom. The van der Waals surface area contributed by atoms with Gasteiger partial charge in [0.2, 0.25) is 0 Å². The van der Waals surface area contributed by atoms with Gasteiger partial charge in [0.1, 0.15) is 0 Å². The van der Waals surface area contributed by atoms with Crippen molar-refractivity contribution in [3.05, 3.63) is 35.4 Å². The molecule has 1 aromatic carbocycles. The quantitative estimate of drug-likeness (QED) is 0.899. The number of carbonyl (C=O) groups is 1. The summed E-state index contributed by atoms with van der Waals surface area (Å²) in [5.41, 5.74) is -4.84. The number of carboxylic acid groups (broad SMARTS) is 1. The van der Waals surface area contributed by atoms with E-state index in [1.807, 2.05) is 0 Å². The highest BCUT2D eigenvalue weighted by atomic mass is 32.2. The number of fused-ring (bicyclic) bond motifs is 1. The summed E-state index contributed by atoms with van der Waals surface area (Å²) in [5, 5.41) is 9.07. The van der Waals surface area contributed by atoms with E-state index in [1.54, 1.807) is 6.07 Å². The number of benzene rings is 1. The Morgan fingerprint density at radius 3 is 2.45 bits per heavy atom. The van der Waals surface area contributed by atoms with E-state index in [0.717, 1.165) is 0 Å². The lowest BCUT2D eigenvalue weighted by Gasteiger charge is -2.32. The van der Waals surface area contributed by atoms with Crippen molar-refractivity contribution >= 4 is 16.0 Å². The third-order valence-electron chi connectivity index (χ3n) is 3.09. The van der Waals surface area contributed by atoms with Crippen molar-refractivity contribution in [2.24, 2.45) is 0 Å². The molecular weight excluding hydrogens is 299 g/mol. The number of rotatable bonds is 2. The van der Waals surface area contributed by atoms with Crippen LogP contribution >= 0.6 is 0 Å². The van der Waals surface area contributed by atoms with Gasteiger partial charge in [0.25, 0.3) is 0 Å². The van der Waals surface area contributed by atoms with Gasteiger partial charge in [-0.25, -0.2) is 8.42 Å². The van der Waals surface area contributed by atoms with Gasteiger partial charge in [-0.15, -0.1) is 0 Å². The molecule has 20 heavy (non-hydrogen) atoms. The molecule has 0 bridgehead atoms. The van der Waals surface area contributed by atoms with Gasteiger partial charge < -0.3 is 5.11 Å². The predicted molar refractivity (Wildman–Crippen MR) is 62.2 cm³/mol. The number of carboxylic acids is 1. The molecule has 0 aromatic heterocycles. The van der Waals surface area contributed by atoms with Gasteiger partial charge in [-0.2, -0.15) is 17.5 Å². The fourth-order valence-corrected chi connectivity index (χ4v) is 3.06. The van der Waals surface area contributed by atoms with E-state index in [9.17, 15) is 26.4 Å². The van der Waals surface area contributed by atoms with Crippen LogP contribution in [0.4, 0.5) is 13.2 Å². The molecule has 1 heterocycles. The van der Waals surface area contributed by atoms with E-state index in [-0.39, 0.29) is 9.87 Å². The molecule has 0 fully saturated rings. The fraction of sp³-hybridized carbons (Fsp3) is 0.364. The molecule has 2 rings (SSSR count). The Kier molecular flexibility index (Phi) is 3.51. The fourth-order valence-electron chi connectivity index (χ4n) is 2.12. The molecule has 1 N–H and O–H groups in total. The van der Waals surface area contributed by atoms with Crippen LogP contribution in [0.1, 0.15) is 17.0 Å². The molecule has 0 amide bonds. The standard InChI is InChI=1S/C11H10F3NO4S/c12-11(13,14)20(18,19)15-5-7-3-1-2-4-8(7)9(6-15)10(16)17/h1-4,9H,5-6H2,(H,16,17). The molecule has 0 saturated heterocycles. The Balaban J connectivity index is 2.47. The number of hydrogen-bond acceptors (Lipinski definition) is 3. The molecule has 0 spiro atoms. The van der Waals surface area contributed by atoms with Crippen molar-refractivity contribution in [3.8, 4) is 0 Å². The number of alkyl halides is 3. The van der Waals surface area contributed by atoms with Crippen LogP contribution in [-0.2, 0) is 21.4 Å². The topological polar surface area (TPSA) is 74.7 Å². The van der Waals surface area contributed by atoms with Crippen molar-refractivity contribution in [1.82, 2.24) is 4.31 Å². The molecule has 1 aromatic rings. The lowest BCUT2D eigenvalue weighted by atomic mass is 9.91. The third kappa shape index (κ3) is 2.38. The Hall–Kier alpha value is -1.61. The molecule has 9 heteroatoms. The van der Waals surface area contributed by atoms with Gasteiger partial charge in [-0.3, -0.25) is 4.79 Å². The van der Waals surface area contributed by atoms with Crippen LogP contribution < -0.4 is 0 Å². The first-order chi connectivity index (χ1) is 9.14. The molecular formula is C11H10F3NO4S. The lowest BCUT2D eigenvalue weighted by molar-refractivity contribution is -0.139. The smallest absolute Gasteiger partial charge is 0.481 e. The Labute approximate surface area is 112 Å². The average molecular weight is 309 g/mol. The van der Waals surface area contributed by atoms with Crippen LogP contribution in [0.3, 0.4) is 0 Å². The summed E-state index contributed by atoms with van der Waals surface area (Å²) < 4.78 is 60.6. The van der Waals surface area contributed by atoms with E-state index in [1.165, 1.54) is 18.2 Å². The summed E-state index contributed by atoms with van der Waals surface area (Å²) in [7, 11) is -5.54. The minimum Gasteiger partial charge on any atom is -0.481 e. The first-order valence-corrected chi connectivity index (χ1v) is 6.95. The number of aliphatic carboxylic acids is 1. The van der Waals surface area contributed by atoms with Crippen molar-refractivity contribution in [3.63, 3.8) is 0 Å². The summed E-state index contributed by atoms with van der Waals surface area (Å²) in [6.45, 7) is -1.21. The van der Waals surface area contributed by atoms with Gasteiger partial charge in [0.15, 0.2) is 0 Å². The first kappa shape index (κ1) is 14.8.